The molecule has 0 amide bonds. The summed E-state index contributed by atoms with van der Waals surface area (Å²) in [5.41, 5.74) is 0. The molecule has 0 aromatic carbocycles. The Balaban J connectivity index is 2.94. The second-order valence-electron chi connectivity index (χ2n) is 2.73. The van der Waals surface area contributed by atoms with Crippen LogP contribution < -0.4 is 0 Å². The maximum absolute atomic E-state index is 11.5. The summed E-state index contributed by atoms with van der Waals surface area (Å²) < 4.78 is 23.1. The molecule has 0 bridgehead atoms. The van der Waals surface area contributed by atoms with Gasteiger partial charge in [-0.05, 0) is 12.5 Å². The summed E-state index contributed by atoms with van der Waals surface area (Å²) >= 11 is 5.53. The van der Waals surface area contributed by atoms with Crippen molar-refractivity contribution in [1.82, 2.24) is 0 Å². The van der Waals surface area contributed by atoms with Crippen molar-refractivity contribution in [1.29, 1.82) is 0 Å². The number of hydrogen-bond acceptors (Lipinski definition) is 4. The summed E-state index contributed by atoms with van der Waals surface area (Å²) in [6, 6.07) is 1.71. The van der Waals surface area contributed by atoms with Gasteiger partial charge in [-0.2, -0.15) is 12.6 Å². The molecule has 0 saturated carbocycles. The van der Waals surface area contributed by atoms with Crippen molar-refractivity contribution in [2.45, 2.75) is 24.0 Å². The van der Waals surface area contributed by atoms with E-state index in [4.69, 9.17) is 0 Å². The van der Waals surface area contributed by atoms with E-state index in [2.05, 4.69) is 12.6 Å². The molecule has 74 valence electrons. The summed E-state index contributed by atoms with van der Waals surface area (Å²) in [5.74, 6) is 0.835. The Morgan fingerprint density at radius 3 is 2.69 bits per heavy atom. The molecule has 2 nitrogen and oxygen atoms in total. The molecule has 1 rings (SSSR count). The predicted molar refractivity (Wildman–Crippen MR) is 59.4 cm³/mol. The molecular formula is C8H12O2S3. The molecule has 0 aliphatic rings. The monoisotopic (exact) mass is 236 g/mol. The van der Waals surface area contributed by atoms with Gasteiger partial charge in [0.05, 0.1) is 10.6 Å². The zero-order valence-electron chi connectivity index (χ0n) is 7.36. The third-order valence-corrected chi connectivity index (χ3v) is 5.16. The summed E-state index contributed by atoms with van der Waals surface area (Å²) in [6.07, 6.45) is 0.661. The molecule has 0 aliphatic heterocycles. The second-order valence-corrected chi connectivity index (χ2v) is 6.15. The molecule has 0 aliphatic carbocycles. The van der Waals surface area contributed by atoms with Crippen LogP contribution in [0.15, 0.2) is 16.3 Å². The minimum absolute atomic E-state index is 0.232. The maximum Gasteiger partial charge on any atom is 0.179 e. The number of thiophene rings is 1. The topological polar surface area (TPSA) is 34.1 Å². The largest absolute Gasteiger partial charge is 0.224 e. The lowest BCUT2D eigenvalue weighted by atomic mass is 10.5. The lowest BCUT2D eigenvalue weighted by Gasteiger charge is -1.97. The highest BCUT2D eigenvalue weighted by molar-refractivity contribution is 7.91. The summed E-state index contributed by atoms with van der Waals surface area (Å²) in [6.45, 7) is 1.86. The maximum atomic E-state index is 11.5. The molecule has 0 N–H and O–H groups in total. The van der Waals surface area contributed by atoms with Gasteiger partial charge in [-0.15, -0.1) is 11.3 Å². The van der Waals surface area contributed by atoms with Crippen LogP contribution in [0.5, 0.6) is 0 Å². The van der Waals surface area contributed by atoms with E-state index in [1.807, 2.05) is 6.92 Å². The van der Waals surface area contributed by atoms with Crippen LogP contribution in [0.2, 0.25) is 0 Å². The van der Waals surface area contributed by atoms with Gasteiger partial charge in [0.25, 0.3) is 0 Å². The fourth-order valence-corrected chi connectivity index (χ4v) is 3.81. The Morgan fingerprint density at radius 2 is 2.23 bits per heavy atom. The highest BCUT2D eigenvalue weighted by atomic mass is 32.2. The summed E-state index contributed by atoms with van der Waals surface area (Å²) in [5, 5.41) is 1.69. The van der Waals surface area contributed by atoms with Gasteiger partial charge in [-0.3, -0.25) is 0 Å². The quantitative estimate of drug-likeness (QED) is 0.814. The Kier molecular flexibility index (Phi) is 3.82. The van der Waals surface area contributed by atoms with Crippen LogP contribution in [0.1, 0.15) is 18.2 Å². The Bertz CT molecular complexity index is 364. The number of rotatable bonds is 4. The molecule has 5 heteroatoms. The van der Waals surface area contributed by atoms with Gasteiger partial charge in [0.1, 0.15) is 0 Å². The van der Waals surface area contributed by atoms with Crippen molar-refractivity contribution in [3.8, 4) is 0 Å². The first-order valence-electron chi connectivity index (χ1n) is 4.01. The lowest BCUT2D eigenvalue weighted by Crippen LogP contribution is -2.04. The molecule has 1 aromatic rings. The van der Waals surface area contributed by atoms with Gasteiger partial charge in [-0.1, -0.05) is 6.92 Å². The van der Waals surface area contributed by atoms with Crippen LogP contribution in [0.25, 0.3) is 0 Å². The van der Waals surface area contributed by atoms with E-state index in [1.165, 1.54) is 11.3 Å². The van der Waals surface area contributed by atoms with Crippen molar-refractivity contribution in [3.05, 3.63) is 16.3 Å². The average Bonchev–Trinajstić information content (AvgIpc) is 2.52. The van der Waals surface area contributed by atoms with Crippen LogP contribution >= 0.6 is 24.0 Å². The Labute approximate surface area is 88.3 Å². The van der Waals surface area contributed by atoms with Crippen molar-refractivity contribution in [3.63, 3.8) is 0 Å². The van der Waals surface area contributed by atoms with E-state index in [9.17, 15) is 8.42 Å². The molecule has 0 unspecified atom stereocenters. The van der Waals surface area contributed by atoms with Gasteiger partial charge in [0.2, 0.25) is 0 Å². The highest BCUT2D eigenvalue weighted by Gasteiger charge is 2.14. The predicted octanol–water partition coefficient (Wildman–Crippen LogP) is 2.36. The minimum atomic E-state index is -3.02. The number of sulfone groups is 1. The van der Waals surface area contributed by atoms with E-state index in [1.54, 1.807) is 11.4 Å². The van der Waals surface area contributed by atoms with E-state index in [0.717, 1.165) is 4.88 Å². The first kappa shape index (κ1) is 11.1. The fourth-order valence-electron chi connectivity index (χ4n) is 0.993. The number of thiol groups is 1. The van der Waals surface area contributed by atoms with Gasteiger partial charge >= 0.3 is 0 Å². The minimum Gasteiger partial charge on any atom is -0.224 e. The first-order chi connectivity index (χ1) is 6.10. The molecule has 1 aromatic heterocycles. The molecule has 1 heterocycles. The molecule has 0 spiro atoms. The van der Waals surface area contributed by atoms with Crippen LogP contribution in [0.3, 0.4) is 0 Å². The first-order valence-corrected chi connectivity index (χ1v) is 7.17. The molecule has 0 atom stereocenters. The third kappa shape index (κ3) is 2.72. The fraction of sp³-hybridized carbons (Fsp3) is 0.500. The highest BCUT2D eigenvalue weighted by Crippen LogP contribution is 2.21. The van der Waals surface area contributed by atoms with Gasteiger partial charge in [0, 0.05) is 16.0 Å². The molecular weight excluding hydrogens is 224 g/mol. The average molecular weight is 236 g/mol. The Morgan fingerprint density at radius 1 is 1.54 bits per heavy atom. The van der Waals surface area contributed by atoms with Crippen LogP contribution in [0.4, 0.5) is 0 Å². The molecule has 0 saturated heterocycles. The number of hydrogen-bond donors (Lipinski definition) is 1. The van der Waals surface area contributed by atoms with Crippen molar-refractivity contribution < 1.29 is 8.42 Å². The van der Waals surface area contributed by atoms with Crippen molar-refractivity contribution >= 4 is 33.8 Å². The van der Waals surface area contributed by atoms with Crippen LogP contribution in [0, 0.1) is 0 Å². The standard InChI is InChI=1S/C8H12O2S3/c1-2-3-13(9,10)8-4-7(5-11)12-6-8/h4,6,11H,2-3,5H2,1H3. The van der Waals surface area contributed by atoms with E-state index < -0.39 is 9.84 Å². The van der Waals surface area contributed by atoms with E-state index in [-0.39, 0.29) is 5.75 Å². The normalized spacial score (nSPS) is 11.8. The SMILES string of the molecule is CCCS(=O)(=O)c1csc(CS)c1. The van der Waals surface area contributed by atoms with Gasteiger partial charge in [-0.25, -0.2) is 8.42 Å². The Hall–Kier alpha value is -0.0000000000000000833. The van der Waals surface area contributed by atoms with Crippen LogP contribution in [-0.4, -0.2) is 14.2 Å². The van der Waals surface area contributed by atoms with E-state index >= 15 is 0 Å². The zero-order valence-corrected chi connectivity index (χ0v) is 9.88. The lowest BCUT2D eigenvalue weighted by molar-refractivity contribution is 0.595. The molecule has 0 radical (unpaired) electrons. The third-order valence-electron chi connectivity index (χ3n) is 1.62. The smallest absolute Gasteiger partial charge is 0.179 e. The molecule has 13 heavy (non-hydrogen) atoms. The second kappa shape index (κ2) is 4.48. The van der Waals surface area contributed by atoms with Gasteiger partial charge in [0.15, 0.2) is 9.84 Å². The van der Waals surface area contributed by atoms with Crippen molar-refractivity contribution in [2.75, 3.05) is 5.75 Å². The zero-order chi connectivity index (χ0) is 9.90. The van der Waals surface area contributed by atoms with Gasteiger partial charge < -0.3 is 0 Å². The molecule has 0 fully saturated rings. The summed E-state index contributed by atoms with van der Waals surface area (Å²) in [7, 11) is -3.02. The van der Waals surface area contributed by atoms with Crippen LogP contribution in [-0.2, 0) is 15.6 Å². The van der Waals surface area contributed by atoms with E-state index in [0.29, 0.717) is 17.1 Å². The summed E-state index contributed by atoms with van der Waals surface area (Å²) in [4.78, 5) is 1.45. The van der Waals surface area contributed by atoms with Crippen molar-refractivity contribution in [2.24, 2.45) is 0 Å².